The standard InChI is InChI=1S/C10H11BrF3N/c1-7(15-6-10(12,13)14)8-2-4-9(11)5-3-8/h2-5,7,15H,6H2,1H3. The zero-order chi connectivity index (χ0) is 11.5. The molecule has 0 aromatic heterocycles. The summed E-state index contributed by atoms with van der Waals surface area (Å²) in [5.41, 5.74) is 0.836. The van der Waals surface area contributed by atoms with Crippen molar-refractivity contribution in [2.45, 2.75) is 19.1 Å². The number of nitrogens with one attached hydrogen (secondary N) is 1. The summed E-state index contributed by atoms with van der Waals surface area (Å²) in [6.07, 6.45) is -4.16. The van der Waals surface area contributed by atoms with E-state index in [4.69, 9.17) is 0 Å². The Balaban J connectivity index is 2.54. The molecule has 0 heterocycles. The molecule has 0 saturated carbocycles. The van der Waals surface area contributed by atoms with Crippen molar-refractivity contribution in [3.63, 3.8) is 0 Å². The molecular formula is C10H11BrF3N. The average Bonchev–Trinajstić information content (AvgIpc) is 2.14. The molecule has 0 fully saturated rings. The summed E-state index contributed by atoms with van der Waals surface area (Å²) in [7, 11) is 0. The van der Waals surface area contributed by atoms with E-state index in [1.807, 2.05) is 0 Å². The minimum absolute atomic E-state index is 0.306. The molecule has 0 aliphatic rings. The predicted molar refractivity (Wildman–Crippen MR) is 56.6 cm³/mol. The van der Waals surface area contributed by atoms with Crippen molar-refractivity contribution in [2.75, 3.05) is 6.54 Å². The lowest BCUT2D eigenvalue weighted by Crippen LogP contribution is -2.30. The van der Waals surface area contributed by atoms with Crippen LogP contribution in [0.5, 0.6) is 0 Å². The molecule has 0 amide bonds. The van der Waals surface area contributed by atoms with E-state index in [2.05, 4.69) is 21.2 Å². The highest BCUT2D eigenvalue weighted by Gasteiger charge is 2.27. The fourth-order valence-corrected chi connectivity index (χ4v) is 1.40. The Morgan fingerprint density at radius 2 is 1.80 bits per heavy atom. The molecule has 0 saturated heterocycles. The lowest BCUT2D eigenvalue weighted by atomic mass is 10.1. The van der Waals surface area contributed by atoms with Gasteiger partial charge in [-0.3, -0.25) is 0 Å². The van der Waals surface area contributed by atoms with Crippen LogP contribution in [0, 0.1) is 0 Å². The highest BCUT2D eigenvalue weighted by Crippen LogP contribution is 2.18. The van der Waals surface area contributed by atoms with Crippen molar-refractivity contribution in [3.05, 3.63) is 34.3 Å². The quantitative estimate of drug-likeness (QED) is 0.892. The Bertz CT molecular complexity index is 307. The number of halogens is 4. The lowest BCUT2D eigenvalue weighted by molar-refractivity contribution is -0.126. The van der Waals surface area contributed by atoms with Crippen LogP contribution in [-0.2, 0) is 0 Å². The topological polar surface area (TPSA) is 12.0 Å². The number of rotatable bonds is 3. The second-order valence-electron chi connectivity index (χ2n) is 3.27. The fourth-order valence-electron chi connectivity index (χ4n) is 1.14. The van der Waals surface area contributed by atoms with Crippen LogP contribution >= 0.6 is 15.9 Å². The van der Waals surface area contributed by atoms with Gasteiger partial charge in [-0.1, -0.05) is 28.1 Å². The van der Waals surface area contributed by atoms with E-state index in [1.165, 1.54) is 0 Å². The van der Waals surface area contributed by atoms with Crippen molar-refractivity contribution < 1.29 is 13.2 Å². The van der Waals surface area contributed by atoms with Crippen LogP contribution in [0.25, 0.3) is 0 Å². The molecule has 0 bridgehead atoms. The predicted octanol–water partition coefficient (Wildman–Crippen LogP) is 3.66. The molecule has 5 heteroatoms. The van der Waals surface area contributed by atoms with Gasteiger partial charge in [-0.2, -0.15) is 13.2 Å². The van der Waals surface area contributed by atoms with Crippen LogP contribution < -0.4 is 5.32 Å². The molecule has 15 heavy (non-hydrogen) atoms. The van der Waals surface area contributed by atoms with Crippen LogP contribution in [0.4, 0.5) is 13.2 Å². The maximum absolute atomic E-state index is 11.9. The number of benzene rings is 1. The van der Waals surface area contributed by atoms with Crippen molar-refractivity contribution >= 4 is 15.9 Å². The van der Waals surface area contributed by atoms with Gasteiger partial charge in [0.25, 0.3) is 0 Å². The van der Waals surface area contributed by atoms with Crippen molar-refractivity contribution in [1.82, 2.24) is 5.32 Å². The van der Waals surface area contributed by atoms with Crippen molar-refractivity contribution in [3.8, 4) is 0 Å². The molecule has 0 aliphatic carbocycles. The minimum Gasteiger partial charge on any atom is -0.302 e. The summed E-state index contributed by atoms with van der Waals surface area (Å²) in [6.45, 7) is 0.735. The van der Waals surface area contributed by atoms with E-state index in [9.17, 15) is 13.2 Å². The lowest BCUT2D eigenvalue weighted by Gasteiger charge is -2.15. The van der Waals surface area contributed by atoms with Crippen molar-refractivity contribution in [2.24, 2.45) is 0 Å². The van der Waals surface area contributed by atoms with Crippen LogP contribution in [0.2, 0.25) is 0 Å². The average molecular weight is 282 g/mol. The Kier molecular flexibility index (Phi) is 4.16. The summed E-state index contributed by atoms with van der Waals surface area (Å²) in [4.78, 5) is 0. The largest absolute Gasteiger partial charge is 0.401 e. The third-order valence-corrected chi connectivity index (χ3v) is 2.51. The third-order valence-electron chi connectivity index (χ3n) is 1.98. The third kappa shape index (κ3) is 4.66. The van der Waals surface area contributed by atoms with Crippen LogP contribution in [0.1, 0.15) is 18.5 Å². The van der Waals surface area contributed by atoms with E-state index in [0.29, 0.717) is 0 Å². The summed E-state index contributed by atoms with van der Waals surface area (Å²) < 4.78 is 36.7. The second kappa shape index (κ2) is 4.99. The molecule has 0 aliphatic heterocycles. The summed E-state index contributed by atoms with van der Waals surface area (Å²) in [6, 6.07) is 6.89. The summed E-state index contributed by atoms with van der Waals surface area (Å²) in [5, 5.41) is 2.42. The SMILES string of the molecule is CC(NCC(F)(F)F)c1ccc(Br)cc1. The van der Waals surface area contributed by atoms with Crippen LogP contribution in [-0.4, -0.2) is 12.7 Å². The van der Waals surface area contributed by atoms with Gasteiger partial charge >= 0.3 is 6.18 Å². The Labute approximate surface area is 94.8 Å². The first-order valence-electron chi connectivity index (χ1n) is 4.44. The number of hydrogen-bond acceptors (Lipinski definition) is 1. The molecule has 1 N–H and O–H groups in total. The maximum Gasteiger partial charge on any atom is 0.401 e. The molecule has 1 atom stereocenters. The maximum atomic E-state index is 11.9. The summed E-state index contributed by atoms with van der Waals surface area (Å²) in [5.74, 6) is 0. The van der Waals surface area contributed by atoms with Gasteiger partial charge in [0.05, 0.1) is 6.54 Å². The highest BCUT2D eigenvalue weighted by molar-refractivity contribution is 9.10. The smallest absolute Gasteiger partial charge is 0.302 e. The van der Waals surface area contributed by atoms with E-state index >= 15 is 0 Å². The van der Waals surface area contributed by atoms with Gasteiger partial charge in [0.1, 0.15) is 0 Å². The van der Waals surface area contributed by atoms with E-state index < -0.39 is 12.7 Å². The van der Waals surface area contributed by atoms with Gasteiger partial charge in [-0.15, -0.1) is 0 Å². The summed E-state index contributed by atoms with van der Waals surface area (Å²) >= 11 is 3.26. The Morgan fingerprint density at radius 1 is 1.27 bits per heavy atom. The molecule has 1 unspecified atom stereocenters. The highest BCUT2D eigenvalue weighted by atomic mass is 79.9. The number of hydrogen-bond donors (Lipinski definition) is 1. The Morgan fingerprint density at radius 3 is 2.27 bits per heavy atom. The Hall–Kier alpha value is -0.550. The first-order valence-corrected chi connectivity index (χ1v) is 5.23. The van der Waals surface area contributed by atoms with E-state index in [1.54, 1.807) is 31.2 Å². The second-order valence-corrected chi connectivity index (χ2v) is 4.18. The minimum atomic E-state index is -4.16. The van der Waals surface area contributed by atoms with Gasteiger partial charge in [-0.25, -0.2) is 0 Å². The number of alkyl halides is 3. The first-order chi connectivity index (χ1) is 6.88. The normalized spacial score (nSPS) is 13.9. The molecule has 1 nitrogen and oxygen atoms in total. The van der Waals surface area contributed by atoms with Gasteiger partial charge < -0.3 is 5.32 Å². The van der Waals surface area contributed by atoms with Gasteiger partial charge in [0, 0.05) is 10.5 Å². The molecule has 1 rings (SSSR count). The fraction of sp³-hybridized carbons (Fsp3) is 0.400. The van der Waals surface area contributed by atoms with Gasteiger partial charge in [-0.05, 0) is 24.6 Å². The van der Waals surface area contributed by atoms with Crippen molar-refractivity contribution in [1.29, 1.82) is 0 Å². The van der Waals surface area contributed by atoms with E-state index in [-0.39, 0.29) is 6.04 Å². The zero-order valence-corrected chi connectivity index (χ0v) is 9.69. The molecule has 84 valence electrons. The molecule has 0 radical (unpaired) electrons. The zero-order valence-electron chi connectivity index (χ0n) is 8.11. The molecule has 1 aromatic rings. The van der Waals surface area contributed by atoms with Gasteiger partial charge in [0.2, 0.25) is 0 Å². The van der Waals surface area contributed by atoms with E-state index in [0.717, 1.165) is 10.0 Å². The van der Waals surface area contributed by atoms with Gasteiger partial charge in [0.15, 0.2) is 0 Å². The van der Waals surface area contributed by atoms with Crippen LogP contribution in [0.15, 0.2) is 28.7 Å². The molecule has 1 aromatic carbocycles. The first kappa shape index (κ1) is 12.5. The molecular weight excluding hydrogens is 271 g/mol. The molecule has 0 spiro atoms. The monoisotopic (exact) mass is 281 g/mol. The van der Waals surface area contributed by atoms with Crippen LogP contribution in [0.3, 0.4) is 0 Å².